The molecule has 0 saturated heterocycles. The number of carbonyl (C=O) groups is 4. The van der Waals surface area contributed by atoms with E-state index < -0.39 is 97.5 Å². The van der Waals surface area contributed by atoms with Gasteiger partial charge in [0.05, 0.1) is 26.4 Å². The molecule has 0 saturated carbocycles. The SMILES string of the molecule is CCCCCCCCCCCCCCCCCCC(=O)OC[C@H](COP(=O)(O)OC[C@@H](O)COP(=O)(O)OC[C@@H](COC(=O)CCCCCCCCCCCC)OC(=O)CCCCCCCCCCCC(C)C)OC(=O)CCCCCCCCCCCCCCCC(C)C. The van der Waals surface area contributed by atoms with Crippen molar-refractivity contribution in [2.24, 2.45) is 11.8 Å². The monoisotopic (exact) mass is 1380 g/mol. The molecular weight excluding hydrogens is 1230 g/mol. The Hall–Kier alpha value is -1.94. The highest BCUT2D eigenvalue weighted by Gasteiger charge is 2.30. The van der Waals surface area contributed by atoms with Crippen LogP contribution >= 0.6 is 15.6 Å². The molecule has 0 aromatic heterocycles. The van der Waals surface area contributed by atoms with Gasteiger partial charge in [0.1, 0.15) is 19.3 Å². The molecule has 0 bridgehead atoms. The summed E-state index contributed by atoms with van der Waals surface area (Å²) in [4.78, 5) is 72.8. The summed E-state index contributed by atoms with van der Waals surface area (Å²) < 4.78 is 68.5. The molecule has 0 radical (unpaired) electrons. The van der Waals surface area contributed by atoms with Crippen molar-refractivity contribution in [3.05, 3.63) is 0 Å². The smallest absolute Gasteiger partial charge is 0.462 e. The van der Waals surface area contributed by atoms with Crippen LogP contribution in [0.2, 0.25) is 0 Å². The highest BCUT2D eigenvalue weighted by atomic mass is 31.2. The molecule has 5 atom stereocenters. The lowest BCUT2D eigenvalue weighted by Gasteiger charge is -2.21. The zero-order chi connectivity index (χ0) is 69.3. The van der Waals surface area contributed by atoms with Gasteiger partial charge in [-0.2, -0.15) is 0 Å². The molecule has 0 rings (SSSR count). The Labute approximate surface area is 575 Å². The van der Waals surface area contributed by atoms with Gasteiger partial charge >= 0.3 is 39.5 Å². The number of hydrogen-bond donors (Lipinski definition) is 3. The van der Waals surface area contributed by atoms with Crippen LogP contribution < -0.4 is 0 Å². The lowest BCUT2D eigenvalue weighted by molar-refractivity contribution is -0.161. The molecule has 19 heteroatoms. The molecule has 94 heavy (non-hydrogen) atoms. The van der Waals surface area contributed by atoms with E-state index in [-0.39, 0.29) is 25.7 Å². The fourth-order valence-corrected chi connectivity index (χ4v) is 13.1. The molecule has 0 aromatic rings. The van der Waals surface area contributed by atoms with Crippen molar-refractivity contribution in [1.29, 1.82) is 0 Å². The van der Waals surface area contributed by atoms with Crippen LogP contribution in [0, 0.1) is 11.8 Å². The van der Waals surface area contributed by atoms with Crippen LogP contribution in [-0.2, 0) is 65.4 Å². The lowest BCUT2D eigenvalue weighted by atomic mass is 10.0. The van der Waals surface area contributed by atoms with Crippen LogP contribution in [0.4, 0.5) is 0 Å². The third-order valence-electron chi connectivity index (χ3n) is 17.5. The molecule has 0 spiro atoms. The highest BCUT2D eigenvalue weighted by molar-refractivity contribution is 7.47. The Morgan fingerprint density at radius 3 is 0.723 bits per heavy atom. The molecule has 558 valence electrons. The molecule has 0 aliphatic carbocycles. The molecule has 3 N–H and O–H groups in total. The first-order valence-electron chi connectivity index (χ1n) is 39.0. The highest BCUT2D eigenvalue weighted by Crippen LogP contribution is 2.45. The molecule has 0 aliphatic rings. The second-order valence-electron chi connectivity index (χ2n) is 28.0. The van der Waals surface area contributed by atoms with E-state index in [4.69, 9.17) is 37.0 Å². The quantitative estimate of drug-likeness (QED) is 0.0222. The maximum atomic E-state index is 13.1. The summed E-state index contributed by atoms with van der Waals surface area (Å²) in [6.45, 7) is 9.58. The van der Waals surface area contributed by atoms with Crippen LogP contribution in [0.15, 0.2) is 0 Å². The summed E-state index contributed by atoms with van der Waals surface area (Å²) >= 11 is 0. The van der Waals surface area contributed by atoms with Crippen LogP contribution in [-0.4, -0.2) is 96.7 Å². The van der Waals surface area contributed by atoms with Crippen molar-refractivity contribution in [3.8, 4) is 0 Å². The molecule has 0 heterocycles. The number of carbonyl (C=O) groups excluding carboxylic acids is 4. The van der Waals surface area contributed by atoms with Crippen molar-refractivity contribution < 1.29 is 80.2 Å². The fraction of sp³-hybridized carbons (Fsp3) is 0.947. The minimum atomic E-state index is -4.96. The van der Waals surface area contributed by atoms with Gasteiger partial charge in [0.2, 0.25) is 0 Å². The Bertz CT molecular complexity index is 1820. The van der Waals surface area contributed by atoms with Crippen molar-refractivity contribution in [2.45, 2.75) is 407 Å². The van der Waals surface area contributed by atoms with E-state index in [1.807, 2.05) is 0 Å². The van der Waals surface area contributed by atoms with Crippen LogP contribution in [0.5, 0.6) is 0 Å². The lowest BCUT2D eigenvalue weighted by Crippen LogP contribution is -2.30. The second kappa shape index (κ2) is 66.9. The Kier molecular flexibility index (Phi) is 65.5. The number of phosphoric ester groups is 2. The normalized spacial score (nSPS) is 14.0. The third kappa shape index (κ3) is 68.6. The van der Waals surface area contributed by atoms with E-state index in [1.54, 1.807) is 0 Å². The summed E-state index contributed by atoms with van der Waals surface area (Å²) in [5.74, 6) is -0.593. The Balaban J connectivity index is 5.24. The number of aliphatic hydroxyl groups excluding tert-OH is 1. The van der Waals surface area contributed by atoms with E-state index in [1.165, 1.54) is 205 Å². The van der Waals surface area contributed by atoms with Crippen LogP contribution in [0.1, 0.15) is 388 Å². The van der Waals surface area contributed by atoms with E-state index in [0.717, 1.165) is 102 Å². The number of esters is 4. The largest absolute Gasteiger partial charge is 0.472 e. The number of unbranched alkanes of at least 4 members (excludes halogenated alkanes) is 44. The van der Waals surface area contributed by atoms with Gasteiger partial charge in [-0.15, -0.1) is 0 Å². The van der Waals surface area contributed by atoms with Gasteiger partial charge < -0.3 is 33.8 Å². The van der Waals surface area contributed by atoms with Gasteiger partial charge in [-0.05, 0) is 37.5 Å². The van der Waals surface area contributed by atoms with Gasteiger partial charge in [0, 0.05) is 25.7 Å². The maximum absolute atomic E-state index is 13.1. The van der Waals surface area contributed by atoms with Gasteiger partial charge in [-0.25, -0.2) is 9.13 Å². The Morgan fingerprint density at radius 1 is 0.287 bits per heavy atom. The molecule has 0 amide bonds. The number of hydrogen-bond acceptors (Lipinski definition) is 15. The first-order chi connectivity index (χ1) is 45.4. The van der Waals surface area contributed by atoms with Crippen LogP contribution in [0.3, 0.4) is 0 Å². The predicted molar refractivity (Wildman–Crippen MR) is 381 cm³/mol. The van der Waals surface area contributed by atoms with Crippen molar-refractivity contribution in [2.75, 3.05) is 39.6 Å². The predicted octanol–water partition coefficient (Wildman–Crippen LogP) is 21.9. The fourth-order valence-electron chi connectivity index (χ4n) is 11.5. The molecule has 0 aromatic carbocycles. The summed E-state index contributed by atoms with van der Waals surface area (Å²) in [6.07, 6.45) is 54.0. The first-order valence-corrected chi connectivity index (χ1v) is 42.0. The zero-order valence-electron chi connectivity index (χ0n) is 61.3. The summed E-state index contributed by atoms with van der Waals surface area (Å²) in [6, 6.07) is 0. The molecular formula is C75H146O17P2. The van der Waals surface area contributed by atoms with Gasteiger partial charge in [0.15, 0.2) is 12.2 Å². The van der Waals surface area contributed by atoms with E-state index in [9.17, 15) is 43.2 Å². The zero-order valence-corrected chi connectivity index (χ0v) is 63.1. The standard InChI is InChI=1S/C75H146O17P2/c1-7-9-11-13-15-17-19-20-21-22-25-28-34-40-46-52-58-73(78)86-64-70(91-74(79)59-53-47-41-35-29-26-23-24-27-31-37-43-49-55-67(3)4)65-89-93(81,82)87-61-69(76)62-88-94(83,84)90-66-71(63-85-72(77)57-51-45-39-33-18-16-14-12-10-8-2)92-75(80)60-54-48-42-36-30-32-38-44-50-56-68(5)6/h67-71,76H,7-66H2,1-6H3,(H,81,82)(H,83,84)/t69-,70-,71-/m1/s1. The van der Waals surface area contributed by atoms with Gasteiger partial charge in [-0.1, -0.05) is 337 Å². The Morgan fingerprint density at radius 2 is 0.489 bits per heavy atom. The topological polar surface area (TPSA) is 237 Å². The number of rotatable bonds is 74. The van der Waals surface area contributed by atoms with Crippen molar-refractivity contribution >= 4 is 39.5 Å². The maximum Gasteiger partial charge on any atom is 0.472 e. The van der Waals surface area contributed by atoms with Gasteiger partial charge in [0.25, 0.3) is 0 Å². The summed E-state index contributed by atoms with van der Waals surface area (Å²) in [5, 5.41) is 10.6. The second-order valence-corrected chi connectivity index (χ2v) is 30.9. The van der Waals surface area contributed by atoms with Gasteiger partial charge in [-0.3, -0.25) is 37.3 Å². The first kappa shape index (κ1) is 92.1. The average Bonchev–Trinajstić information content (AvgIpc) is 1.97. The molecule has 17 nitrogen and oxygen atoms in total. The van der Waals surface area contributed by atoms with Crippen molar-refractivity contribution in [1.82, 2.24) is 0 Å². The summed E-state index contributed by atoms with van der Waals surface area (Å²) in [5.41, 5.74) is 0. The number of phosphoric acid groups is 2. The number of ether oxygens (including phenoxy) is 4. The molecule has 0 fully saturated rings. The average molecular weight is 1380 g/mol. The van der Waals surface area contributed by atoms with E-state index in [0.29, 0.717) is 25.7 Å². The van der Waals surface area contributed by atoms with Crippen molar-refractivity contribution in [3.63, 3.8) is 0 Å². The van der Waals surface area contributed by atoms with E-state index in [2.05, 4.69) is 41.5 Å². The minimum Gasteiger partial charge on any atom is -0.462 e. The number of aliphatic hydroxyl groups is 1. The van der Waals surface area contributed by atoms with E-state index >= 15 is 0 Å². The molecule has 2 unspecified atom stereocenters. The third-order valence-corrected chi connectivity index (χ3v) is 19.4. The van der Waals surface area contributed by atoms with Crippen LogP contribution in [0.25, 0.3) is 0 Å². The summed E-state index contributed by atoms with van der Waals surface area (Å²) in [7, 11) is -9.91. The molecule has 0 aliphatic heterocycles. The minimum absolute atomic E-state index is 0.106.